The summed E-state index contributed by atoms with van der Waals surface area (Å²) in [6.07, 6.45) is 17.1. The molecule has 1 aromatic rings. The Morgan fingerprint density at radius 1 is 0.949 bits per heavy atom. The van der Waals surface area contributed by atoms with E-state index in [4.69, 9.17) is 9.73 Å². The molecule has 0 aromatic heterocycles. The number of carbonyl (C=O) groups excluding carboxylic acids is 2. The Balaban J connectivity index is 1.10. The van der Waals surface area contributed by atoms with Crippen LogP contribution in [-0.4, -0.2) is 68.9 Å². The minimum Gasteiger partial charge on any atom is -0.392 e. The van der Waals surface area contributed by atoms with E-state index in [0.29, 0.717) is 31.1 Å². The van der Waals surface area contributed by atoms with Gasteiger partial charge in [-0.1, -0.05) is 76.3 Å². The maximum Gasteiger partial charge on any atom is 0.163 e. The van der Waals surface area contributed by atoms with Crippen molar-refractivity contribution in [2.45, 2.75) is 169 Å². The number of ether oxygens (including phenoxy) is 1. The number of aliphatic hydroxyl groups is 2. The van der Waals surface area contributed by atoms with Crippen LogP contribution >= 0.6 is 0 Å². The van der Waals surface area contributed by atoms with E-state index < -0.39 is 17.6 Å². The van der Waals surface area contributed by atoms with Gasteiger partial charge in [-0.2, -0.15) is 0 Å². The molecule has 6 fully saturated rings. The number of allylic oxidation sites excluding steroid dienone is 1. The molecule has 1 saturated heterocycles. The number of Topliss-reactive ketones (excluding diaryl/α,β-unsaturated/α-hetero) is 2. The summed E-state index contributed by atoms with van der Waals surface area (Å²) in [6, 6.07) is 6.78. The molecular weight excluding hydrogens is 733 g/mol. The number of fused-ring (bicyclic) bond motifs is 3. The Morgan fingerprint density at radius 2 is 1.66 bits per heavy atom. The second-order valence-electron chi connectivity index (χ2n) is 22.5. The first-order chi connectivity index (χ1) is 28.0. The molecule has 0 bridgehead atoms. The average Bonchev–Trinajstić information content (AvgIpc) is 3.72. The van der Waals surface area contributed by atoms with Crippen LogP contribution in [0.3, 0.4) is 0 Å². The quantitative estimate of drug-likeness (QED) is 0.242. The second-order valence-corrected chi connectivity index (χ2v) is 22.5. The van der Waals surface area contributed by atoms with E-state index in [9.17, 15) is 15.0 Å². The number of hydrogen-bond acceptors (Lipinski definition) is 7. The Hall–Kier alpha value is -2.87. The molecule has 1 unspecified atom stereocenters. The number of aliphatic hydroxyl groups excluding tert-OH is 2. The molecule has 5 saturated carbocycles. The van der Waals surface area contributed by atoms with Crippen LogP contribution in [0.4, 0.5) is 0 Å². The van der Waals surface area contributed by atoms with Crippen molar-refractivity contribution in [3.8, 4) is 0 Å². The van der Waals surface area contributed by atoms with Gasteiger partial charge in [0.1, 0.15) is 11.9 Å². The monoisotopic (exact) mass is 803 g/mol. The molecular formula is C52H70N2O5. The van der Waals surface area contributed by atoms with Gasteiger partial charge < -0.3 is 19.8 Å². The summed E-state index contributed by atoms with van der Waals surface area (Å²) in [7, 11) is 0. The number of aliphatic imine (C=N–C) groups is 1. The minimum absolute atomic E-state index is 0.00736. The maximum atomic E-state index is 15.4. The largest absolute Gasteiger partial charge is 0.392 e. The molecule has 59 heavy (non-hydrogen) atoms. The van der Waals surface area contributed by atoms with Crippen molar-refractivity contribution in [2.24, 2.45) is 62.2 Å². The van der Waals surface area contributed by atoms with Crippen molar-refractivity contribution in [2.75, 3.05) is 6.54 Å². The number of ketones is 2. The lowest BCUT2D eigenvalue weighted by Gasteiger charge is -2.73. The maximum absolute atomic E-state index is 15.4. The normalized spacial score (nSPS) is 42.9. The molecule has 3 heterocycles. The molecule has 0 amide bonds. The third kappa shape index (κ3) is 5.57. The van der Waals surface area contributed by atoms with E-state index in [0.717, 1.165) is 69.1 Å². The van der Waals surface area contributed by atoms with Gasteiger partial charge in [-0.05, 0) is 142 Å². The molecule has 6 aliphatic carbocycles. The molecule has 13 atom stereocenters. The third-order valence-corrected chi connectivity index (χ3v) is 19.2. The lowest BCUT2D eigenvalue weighted by molar-refractivity contribution is -0.248. The lowest BCUT2D eigenvalue weighted by atomic mass is 9.31. The Bertz CT molecular complexity index is 2070. The van der Waals surface area contributed by atoms with Crippen LogP contribution in [0, 0.1) is 71.0 Å². The fraction of sp³-hybridized carbons (Fsp3) is 0.712. The number of aryl methyl sites for hydroxylation is 2. The smallest absolute Gasteiger partial charge is 0.163 e. The number of hydrogen-bond donors (Lipinski definition) is 2. The van der Waals surface area contributed by atoms with Gasteiger partial charge in [-0.3, -0.25) is 14.6 Å². The van der Waals surface area contributed by atoms with Gasteiger partial charge in [0.05, 0.1) is 29.6 Å². The molecule has 1 spiro atoms. The van der Waals surface area contributed by atoms with E-state index in [2.05, 4.69) is 76.9 Å². The summed E-state index contributed by atoms with van der Waals surface area (Å²) in [5.74, 6) is 0.784. The van der Waals surface area contributed by atoms with Crippen LogP contribution < -0.4 is 0 Å². The van der Waals surface area contributed by atoms with Crippen LogP contribution in [0.2, 0.25) is 0 Å². The van der Waals surface area contributed by atoms with Gasteiger partial charge in [0.15, 0.2) is 5.78 Å². The van der Waals surface area contributed by atoms with Gasteiger partial charge in [0.25, 0.3) is 0 Å². The summed E-state index contributed by atoms with van der Waals surface area (Å²) in [4.78, 5) is 37.2. The van der Waals surface area contributed by atoms with E-state index >= 15 is 4.79 Å². The molecule has 3 aliphatic heterocycles. The summed E-state index contributed by atoms with van der Waals surface area (Å²) in [6.45, 7) is 18.4. The van der Waals surface area contributed by atoms with Gasteiger partial charge in [0, 0.05) is 54.5 Å². The summed E-state index contributed by atoms with van der Waals surface area (Å²) in [5.41, 5.74) is 6.61. The zero-order valence-corrected chi connectivity index (χ0v) is 37.2. The first-order valence-electron chi connectivity index (χ1n) is 23.6. The topological polar surface area (TPSA) is 103 Å². The number of epoxide rings is 1. The predicted octanol–water partition coefficient (Wildman–Crippen LogP) is 9.20. The van der Waals surface area contributed by atoms with Gasteiger partial charge in [-0.25, -0.2) is 0 Å². The van der Waals surface area contributed by atoms with Crippen LogP contribution in [0.5, 0.6) is 0 Å². The minimum atomic E-state index is -0.669. The predicted molar refractivity (Wildman–Crippen MR) is 232 cm³/mol. The third-order valence-electron chi connectivity index (χ3n) is 19.2. The number of nitrogens with zero attached hydrogens (tertiary/aromatic N) is 2. The molecule has 10 rings (SSSR count). The van der Waals surface area contributed by atoms with Gasteiger partial charge in [-0.15, -0.1) is 0 Å². The van der Waals surface area contributed by atoms with Crippen molar-refractivity contribution in [3.05, 3.63) is 70.1 Å². The molecule has 0 radical (unpaired) electrons. The highest BCUT2D eigenvalue weighted by molar-refractivity contribution is 6.09. The van der Waals surface area contributed by atoms with Crippen LogP contribution in [0.25, 0.3) is 0 Å². The van der Waals surface area contributed by atoms with Crippen molar-refractivity contribution in [3.63, 3.8) is 0 Å². The highest BCUT2D eigenvalue weighted by Gasteiger charge is 2.77. The average molecular weight is 803 g/mol. The van der Waals surface area contributed by atoms with Crippen LogP contribution in [0.15, 0.2) is 58.4 Å². The van der Waals surface area contributed by atoms with Crippen LogP contribution in [0.1, 0.15) is 135 Å². The first-order valence-corrected chi connectivity index (χ1v) is 23.6. The molecule has 7 heteroatoms. The van der Waals surface area contributed by atoms with E-state index in [1.807, 2.05) is 20.0 Å². The van der Waals surface area contributed by atoms with Gasteiger partial charge in [0.2, 0.25) is 0 Å². The second kappa shape index (κ2) is 13.6. The zero-order valence-electron chi connectivity index (χ0n) is 37.2. The van der Waals surface area contributed by atoms with Crippen molar-refractivity contribution in [1.29, 1.82) is 0 Å². The fourth-order valence-corrected chi connectivity index (χ4v) is 16.8. The molecule has 7 nitrogen and oxygen atoms in total. The fourth-order valence-electron chi connectivity index (χ4n) is 16.8. The summed E-state index contributed by atoms with van der Waals surface area (Å²) in [5, 5.41) is 25.3. The number of benzene rings is 1. The molecule has 2 N–H and O–H groups in total. The molecule has 1 aromatic carbocycles. The highest BCUT2D eigenvalue weighted by atomic mass is 16.6. The summed E-state index contributed by atoms with van der Waals surface area (Å²) >= 11 is 0. The Labute approximate surface area is 353 Å². The lowest BCUT2D eigenvalue weighted by Crippen LogP contribution is -2.71. The summed E-state index contributed by atoms with van der Waals surface area (Å²) < 4.78 is 5.93. The molecule has 318 valence electrons. The van der Waals surface area contributed by atoms with E-state index in [1.165, 1.54) is 40.7 Å². The van der Waals surface area contributed by atoms with E-state index in [1.54, 1.807) is 0 Å². The number of rotatable bonds is 9. The van der Waals surface area contributed by atoms with E-state index in [-0.39, 0.29) is 69.4 Å². The molecule has 9 aliphatic rings. The van der Waals surface area contributed by atoms with Crippen molar-refractivity contribution in [1.82, 2.24) is 4.90 Å². The Morgan fingerprint density at radius 3 is 2.36 bits per heavy atom. The standard InChI is InChI=1S/C52H70N2O5/c1-29-22-30(2)24-32(23-29)26-33-27-54(37-17-21-53-43(33)37)28-35-42-41(31(3)25-38(55)47-48(4,5)59-47)45(58)36-14-11-18-52(51(36,42)8)20-15-39-49(6,46(52)44(35)57)19-16-40(56)50(39,7)34-12-9-10-13-34/h17,21-24,27,31,34-39,44,46-47,55,57H,9-16,18-20,25-26,28H2,1-8H3/t31-,35+,36+,37?,38-,39-,44-,46+,47+,49+,50+,51+,52-/m1/s1. The van der Waals surface area contributed by atoms with Gasteiger partial charge >= 0.3 is 0 Å². The van der Waals surface area contributed by atoms with Crippen LogP contribution in [-0.2, 0) is 20.7 Å². The Kier molecular flexibility index (Phi) is 9.25. The number of carbonyl (C=O) groups is 2. The highest BCUT2D eigenvalue weighted by Crippen LogP contribution is 2.79. The van der Waals surface area contributed by atoms with Crippen molar-refractivity contribution < 1.29 is 24.5 Å². The van der Waals surface area contributed by atoms with Crippen molar-refractivity contribution >= 4 is 17.3 Å². The SMILES string of the molecule is Cc1cc(C)cc(CC2=CN(C[C@H]3C4=C([C@H](C)C[C@@H](O)[C@@H]5OC5(C)C)C(=O)[C@@H]5CCC[C@]6(CC[C@@H]7[C@](C)(CCC(=O)[C@@]7(C)C7CCCC7)[C@@H]6[C@@H]3O)[C@]45C)C3C=CN=C23)c1. The first kappa shape index (κ1) is 40.2. The zero-order chi connectivity index (χ0) is 41.6.